The topological polar surface area (TPSA) is 40.9 Å². The monoisotopic (exact) mass is 475 g/mol. The van der Waals surface area contributed by atoms with Crippen LogP contribution in [0.4, 0.5) is 0 Å². The molecule has 5 rings (SSSR count). The van der Waals surface area contributed by atoms with Crippen molar-refractivity contribution in [1.29, 1.82) is 0 Å². The molecule has 0 aliphatic heterocycles. The molecule has 2 aliphatic rings. The van der Waals surface area contributed by atoms with Crippen LogP contribution in [0, 0.1) is 26.8 Å². The second kappa shape index (κ2) is 13.1. The molecule has 0 spiro atoms. The van der Waals surface area contributed by atoms with Gasteiger partial charge in [0.1, 0.15) is 0 Å². The van der Waals surface area contributed by atoms with Crippen LogP contribution in [0.5, 0.6) is 0 Å². The molecule has 3 aromatic carbocycles. The molecule has 2 nitrogen and oxygen atoms in total. The van der Waals surface area contributed by atoms with Crippen molar-refractivity contribution in [2.45, 2.75) is 51.9 Å². The second-order valence-electron chi connectivity index (χ2n) is 8.07. The number of hydrogen-bond acceptors (Lipinski definition) is 1. The van der Waals surface area contributed by atoms with Gasteiger partial charge >= 0.3 is 21.7 Å². The number of rotatable bonds is 1. The van der Waals surface area contributed by atoms with Gasteiger partial charge in [0.05, 0.1) is 5.91 Å². The summed E-state index contributed by atoms with van der Waals surface area (Å²) in [6.45, 7) is 4.43. The summed E-state index contributed by atoms with van der Waals surface area (Å²) in [5.74, 6) is 0.123. The van der Waals surface area contributed by atoms with Crippen LogP contribution in [0.1, 0.15) is 63.0 Å². The average molecular weight is 476 g/mol. The molecule has 1 unspecified atom stereocenters. The summed E-state index contributed by atoms with van der Waals surface area (Å²) in [7, 11) is 0. The Bertz CT molecular complexity index is 1070. The minimum Gasteiger partial charge on any atom is -0.668 e. The van der Waals surface area contributed by atoms with Gasteiger partial charge in [0.2, 0.25) is 0 Å². The minimum atomic E-state index is -0.352. The summed E-state index contributed by atoms with van der Waals surface area (Å²) in [6.07, 6.45) is 9.05. The van der Waals surface area contributed by atoms with E-state index in [1.807, 2.05) is 0 Å². The van der Waals surface area contributed by atoms with Gasteiger partial charge in [-0.3, -0.25) is 6.08 Å². The first-order chi connectivity index (χ1) is 13.6. The van der Waals surface area contributed by atoms with Crippen molar-refractivity contribution in [2.75, 3.05) is 0 Å². The largest absolute Gasteiger partial charge is 4.00 e. The molecule has 4 heteroatoms. The minimum absolute atomic E-state index is 0. The summed E-state index contributed by atoms with van der Waals surface area (Å²) in [5, 5.41) is 5.46. The number of hydrogen-bond donors (Lipinski definition) is 0. The van der Waals surface area contributed by atoms with Gasteiger partial charge in [0.15, 0.2) is 0 Å². The fraction of sp³-hybridized carbons (Fsp3) is 0.321. The van der Waals surface area contributed by atoms with E-state index in [1.165, 1.54) is 44.7 Å². The zero-order chi connectivity index (χ0) is 19.7. The molecule has 32 heavy (non-hydrogen) atoms. The van der Waals surface area contributed by atoms with Crippen molar-refractivity contribution in [3.05, 3.63) is 86.3 Å². The summed E-state index contributed by atoms with van der Waals surface area (Å²) in [6, 6.07) is 17.5. The Morgan fingerprint density at radius 3 is 1.84 bits per heavy atom. The third-order valence-electron chi connectivity index (χ3n) is 6.19. The van der Waals surface area contributed by atoms with Crippen molar-refractivity contribution in [3.8, 4) is 0 Å². The number of carbonyl (C=O) groups excluding carboxylic acids is 1. The zero-order valence-corrected chi connectivity index (χ0v) is 22.3. The van der Waals surface area contributed by atoms with E-state index in [9.17, 15) is 4.79 Å². The summed E-state index contributed by atoms with van der Waals surface area (Å²) in [5.41, 5.74) is 11.0. The van der Waals surface area contributed by atoms with E-state index in [1.54, 1.807) is 0 Å². The Morgan fingerprint density at radius 1 is 0.875 bits per heavy atom. The molecule has 1 N–H and O–H groups in total. The molecule has 0 aromatic heterocycles. The third kappa shape index (κ3) is 5.81. The molecule has 0 heterocycles. The van der Waals surface area contributed by atoms with E-state index < -0.39 is 0 Å². The van der Waals surface area contributed by atoms with Gasteiger partial charge in [-0.15, -0.1) is 5.56 Å². The van der Waals surface area contributed by atoms with E-state index in [0.717, 1.165) is 25.7 Å². The Morgan fingerprint density at radius 2 is 1.34 bits per heavy atom. The molecule has 2 aliphatic carbocycles. The van der Waals surface area contributed by atoms with Crippen LogP contribution in [0.3, 0.4) is 0 Å². The van der Waals surface area contributed by atoms with Gasteiger partial charge in [-0.1, -0.05) is 92.9 Å². The molecule has 0 saturated heterocycles. The van der Waals surface area contributed by atoms with E-state index in [-0.39, 0.29) is 59.4 Å². The molecular formula is C28H33NOSiTi. The zero-order valence-electron chi connectivity index (χ0n) is 19.7. The maximum Gasteiger partial charge on any atom is 4.00 e. The quantitative estimate of drug-likeness (QED) is 0.200. The predicted octanol–water partition coefficient (Wildman–Crippen LogP) is 7.98. The molecule has 4 radical (unpaired) electrons. The van der Waals surface area contributed by atoms with Crippen molar-refractivity contribution >= 4 is 44.0 Å². The second-order valence-corrected chi connectivity index (χ2v) is 8.07. The van der Waals surface area contributed by atoms with Gasteiger partial charge in [-0.2, -0.15) is 5.56 Å². The Labute approximate surface area is 214 Å². The molecule has 1 atom stereocenters. The normalized spacial score (nSPS) is 16.7. The van der Waals surface area contributed by atoms with Gasteiger partial charge < -0.3 is 25.4 Å². The molecule has 1 amide bonds. The third-order valence-corrected chi connectivity index (χ3v) is 6.19. The maximum atomic E-state index is 10.5. The number of allylic oxidation sites excluding steroid dienone is 2. The van der Waals surface area contributed by atoms with Crippen molar-refractivity contribution in [2.24, 2.45) is 5.92 Å². The summed E-state index contributed by atoms with van der Waals surface area (Å²) >= 11 is 0. The fourth-order valence-corrected chi connectivity index (χ4v) is 4.86. The average Bonchev–Trinajstić information content (AvgIpc) is 3.04. The van der Waals surface area contributed by atoms with Crippen LogP contribution in [-0.4, -0.2) is 16.9 Å². The van der Waals surface area contributed by atoms with Crippen molar-refractivity contribution in [3.63, 3.8) is 0 Å². The standard InChI is InChI=1S/C19H15.C7H13NO.2CH3.Si.Ti/c1-12-11-13(2)19-17-10-6-4-8-15(17)14-7-3-5-9-16(14)18(12)19;8-7(9)6-4-2-1-3-5-6;;;;/h3-10,12H,1-2H3;6H,1-5H2,(H2,8,9);2*1H3;;/q-1;;2*-1;;+4/p-1. The molecular weight excluding hydrogens is 442 g/mol. The van der Waals surface area contributed by atoms with Crippen molar-refractivity contribution < 1.29 is 26.5 Å². The summed E-state index contributed by atoms with van der Waals surface area (Å²) in [4.78, 5) is 10.5. The van der Waals surface area contributed by atoms with Crippen LogP contribution in [0.2, 0.25) is 0 Å². The Hall–Kier alpha value is -1.68. The first-order valence-electron chi connectivity index (χ1n) is 10.4. The fourth-order valence-electron chi connectivity index (χ4n) is 4.86. The number of carbonyl (C=O) groups is 1. The Kier molecular flexibility index (Phi) is 12.4. The maximum absolute atomic E-state index is 10.5. The molecule has 0 bridgehead atoms. The van der Waals surface area contributed by atoms with E-state index in [2.05, 4.69) is 68.5 Å². The van der Waals surface area contributed by atoms with Gasteiger partial charge in [-0.05, 0) is 29.0 Å². The SMILES string of the molecule is CC1=[C-]C(C)c2c1c1ccccc1c1ccccc21.[CH3-].[CH3-].[NH-]C(=O)C1CCCCC1.[Si].[Ti+4]. The molecule has 1 saturated carbocycles. The summed E-state index contributed by atoms with van der Waals surface area (Å²) < 4.78 is 0. The number of amides is 1. The van der Waals surface area contributed by atoms with Gasteiger partial charge in [0.25, 0.3) is 0 Å². The molecule has 1 fully saturated rings. The van der Waals surface area contributed by atoms with Crippen LogP contribution in [-0.2, 0) is 26.5 Å². The van der Waals surface area contributed by atoms with E-state index >= 15 is 0 Å². The Balaban J connectivity index is 0.000000646. The van der Waals surface area contributed by atoms with E-state index in [4.69, 9.17) is 5.73 Å². The molecule has 164 valence electrons. The first kappa shape index (κ1) is 30.3. The number of nitrogens with one attached hydrogen (secondary N) is 1. The van der Waals surface area contributed by atoms with Gasteiger partial charge in [0, 0.05) is 16.9 Å². The predicted molar refractivity (Wildman–Crippen MR) is 137 cm³/mol. The van der Waals surface area contributed by atoms with Crippen molar-refractivity contribution in [1.82, 2.24) is 0 Å². The molecule has 3 aromatic rings. The first-order valence-corrected chi connectivity index (χ1v) is 10.4. The van der Waals surface area contributed by atoms with Crippen LogP contribution < -0.4 is 0 Å². The smallest absolute Gasteiger partial charge is 0.668 e. The van der Waals surface area contributed by atoms with Crippen LogP contribution in [0.15, 0.2) is 48.5 Å². The van der Waals surface area contributed by atoms with Crippen LogP contribution in [0.25, 0.3) is 32.9 Å². The number of benzene rings is 3. The van der Waals surface area contributed by atoms with Crippen LogP contribution >= 0.6 is 0 Å². The van der Waals surface area contributed by atoms with Gasteiger partial charge in [-0.25, -0.2) is 5.57 Å². The van der Waals surface area contributed by atoms with E-state index in [0.29, 0.717) is 5.92 Å². The number of fused-ring (bicyclic) bond motifs is 6.